The zero-order chi connectivity index (χ0) is 23.2. The number of sulfonamides is 1. The number of aryl methyl sites for hydroxylation is 1. The van der Waals surface area contributed by atoms with Gasteiger partial charge in [-0.05, 0) is 67.9 Å². The number of benzene rings is 1. The summed E-state index contributed by atoms with van der Waals surface area (Å²) in [5.74, 6) is 0.788. The van der Waals surface area contributed by atoms with Gasteiger partial charge in [0.15, 0.2) is 5.82 Å². The van der Waals surface area contributed by atoms with Crippen molar-refractivity contribution in [3.05, 3.63) is 53.3 Å². The van der Waals surface area contributed by atoms with Gasteiger partial charge in [0.1, 0.15) is 5.75 Å². The van der Waals surface area contributed by atoms with E-state index in [0.29, 0.717) is 12.2 Å². The van der Waals surface area contributed by atoms with Crippen molar-refractivity contribution in [1.29, 1.82) is 0 Å². The Labute approximate surface area is 198 Å². The van der Waals surface area contributed by atoms with Crippen LogP contribution in [0, 0.1) is 6.92 Å². The van der Waals surface area contributed by atoms with E-state index in [1.807, 2.05) is 24.4 Å². The number of phenols is 1. The SMILES string of the molecule is Cc1csnc1-c1cc(CN2CC[C@]3(CCS(=O)(=O)N3c3cnccn3)C[C@@H]2C)ccc1O. The molecule has 2 saturated heterocycles. The summed E-state index contributed by atoms with van der Waals surface area (Å²) in [6.07, 6.45) is 6.73. The Kier molecular flexibility index (Phi) is 5.62. The molecule has 2 aliphatic rings. The number of aromatic nitrogens is 3. The van der Waals surface area contributed by atoms with Crippen molar-refractivity contribution >= 4 is 27.4 Å². The number of piperidine rings is 1. The zero-order valence-electron chi connectivity index (χ0n) is 18.7. The molecular weight excluding hydrogens is 458 g/mol. The lowest BCUT2D eigenvalue weighted by Gasteiger charge is -2.47. The summed E-state index contributed by atoms with van der Waals surface area (Å²) in [5.41, 5.74) is 3.27. The molecule has 0 unspecified atom stereocenters. The largest absolute Gasteiger partial charge is 0.507 e. The van der Waals surface area contributed by atoms with Crippen LogP contribution in [0.5, 0.6) is 5.75 Å². The van der Waals surface area contributed by atoms with Gasteiger partial charge in [0.25, 0.3) is 0 Å². The minimum atomic E-state index is -3.41. The number of likely N-dealkylation sites (tertiary alicyclic amines) is 1. The molecule has 1 aromatic carbocycles. The van der Waals surface area contributed by atoms with Crippen LogP contribution in [0.1, 0.15) is 37.3 Å². The van der Waals surface area contributed by atoms with Gasteiger partial charge in [-0.15, -0.1) is 0 Å². The lowest BCUT2D eigenvalue weighted by molar-refractivity contribution is 0.102. The van der Waals surface area contributed by atoms with Crippen LogP contribution in [0.2, 0.25) is 0 Å². The quantitative estimate of drug-likeness (QED) is 0.603. The lowest BCUT2D eigenvalue weighted by atomic mass is 9.81. The van der Waals surface area contributed by atoms with Gasteiger partial charge in [-0.3, -0.25) is 9.88 Å². The molecule has 8 nitrogen and oxygen atoms in total. The predicted octanol–water partition coefficient (Wildman–Crippen LogP) is 3.58. The Balaban J connectivity index is 1.37. The van der Waals surface area contributed by atoms with E-state index < -0.39 is 15.6 Å². The van der Waals surface area contributed by atoms with E-state index in [4.69, 9.17) is 0 Å². The van der Waals surface area contributed by atoms with Gasteiger partial charge in [-0.1, -0.05) is 6.07 Å². The lowest BCUT2D eigenvalue weighted by Crippen LogP contribution is -2.56. The highest BCUT2D eigenvalue weighted by Gasteiger charge is 2.53. The van der Waals surface area contributed by atoms with Gasteiger partial charge in [-0.2, -0.15) is 4.37 Å². The molecule has 2 aromatic heterocycles. The first-order valence-corrected chi connectivity index (χ1v) is 13.5. The van der Waals surface area contributed by atoms with E-state index in [1.165, 1.54) is 11.5 Å². The third-order valence-electron chi connectivity index (χ3n) is 6.90. The van der Waals surface area contributed by atoms with E-state index in [2.05, 4.69) is 26.2 Å². The number of phenolic OH excluding ortho intramolecular Hbond substituents is 1. The maximum Gasteiger partial charge on any atom is 0.236 e. The second kappa shape index (κ2) is 8.34. The van der Waals surface area contributed by atoms with Gasteiger partial charge >= 0.3 is 0 Å². The molecule has 0 aliphatic carbocycles. The summed E-state index contributed by atoms with van der Waals surface area (Å²) in [4.78, 5) is 10.8. The zero-order valence-corrected chi connectivity index (χ0v) is 20.3. The Morgan fingerprint density at radius 1 is 1.27 bits per heavy atom. The number of anilines is 1. The fraction of sp³-hybridized carbons (Fsp3) is 0.435. The van der Waals surface area contributed by atoms with Gasteiger partial charge < -0.3 is 5.11 Å². The molecule has 33 heavy (non-hydrogen) atoms. The van der Waals surface area contributed by atoms with E-state index in [1.54, 1.807) is 29.0 Å². The van der Waals surface area contributed by atoms with Crippen LogP contribution in [-0.2, 0) is 16.6 Å². The molecule has 3 aromatic rings. The summed E-state index contributed by atoms with van der Waals surface area (Å²) < 4.78 is 31.9. The molecular formula is C23H27N5O3S2. The molecule has 0 saturated carbocycles. The molecule has 0 amide bonds. The summed E-state index contributed by atoms with van der Waals surface area (Å²) >= 11 is 1.39. The Morgan fingerprint density at radius 2 is 2.12 bits per heavy atom. The molecule has 10 heteroatoms. The highest BCUT2D eigenvalue weighted by Crippen LogP contribution is 2.44. The molecule has 1 N–H and O–H groups in total. The van der Waals surface area contributed by atoms with Crippen molar-refractivity contribution < 1.29 is 13.5 Å². The minimum Gasteiger partial charge on any atom is -0.507 e. The van der Waals surface area contributed by atoms with E-state index in [9.17, 15) is 13.5 Å². The topological polar surface area (TPSA) is 99.5 Å². The summed E-state index contributed by atoms with van der Waals surface area (Å²) in [6, 6.07) is 5.88. The van der Waals surface area contributed by atoms with Crippen LogP contribution < -0.4 is 4.31 Å². The molecule has 2 atom stereocenters. The van der Waals surface area contributed by atoms with E-state index in [0.717, 1.165) is 48.3 Å². The average Bonchev–Trinajstić information content (AvgIpc) is 3.32. The summed E-state index contributed by atoms with van der Waals surface area (Å²) in [7, 11) is -3.41. The van der Waals surface area contributed by atoms with Crippen LogP contribution in [0.4, 0.5) is 5.82 Å². The van der Waals surface area contributed by atoms with Crippen molar-refractivity contribution in [3.63, 3.8) is 0 Å². The van der Waals surface area contributed by atoms with Gasteiger partial charge in [-0.25, -0.2) is 17.7 Å². The van der Waals surface area contributed by atoms with Crippen molar-refractivity contribution in [2.45, 2.75) is 51.2 Å². The van der Waals surface area contributed by atoms with Crippen LogP contribution in [0.25, 0.3) is 11.3 Å². The first-order valence-electron chi connectivity index (χ1n) is 11.1. The van der Waals surface area contributed by atoms with Crippen LogP contribution in [0.15, 0.2) is 42.2 Å². The molecule has 2 fully saturated rings. The highest BCUT2D eigenvalue weighted by molar-refractivity contribution is 7.93. The van der Waals surface area contributed by atoms with Crippen molar-refractivity contribution in [2.75, 3.05) is 16.6 Å². The van der Waals surface area contributed by atoms with Crippen LogP contribution >= 0.6 is 11.5 Å². The number of hydrogen-bond donors (Lipinski definition) is 1. The normalized spacial score (nSPS) is 25.0. The number of rotatable bonds is 4. The smallest absolute Gasteiger partial charge is 0.236 e. The molecule has 174 valence electrons. The maximum atomic E-state index is 12.9. The number of aromatic hydroxyl groups is 1. The van der Waals surface area contributed by atoms with E-state index >= 15 is 0 Å². The monoisotopic (exact) mass is 485 g/mol. The second-order valence-corrected chi connectivity index (χ2v) is 11.7. The first-order chi connectivity index (χ1) is 15.8. The maximum absolute atomic E-state index is 12.9. The fourth-order valence-corrected chi connectivity index (χ4v) is 7.96. The van der Waals surface area contributed by atoms with Crippen molar-refractivity contribution in [3.8, 4) is 17.0 Å². The Morgan fingerprint density at radius 3 is 2.82 bits per heavy atom. The fourth-order valence-electron chi connectivity index (χ4n) is 5.24. The van der Waals surface area contributed by atoms with Gasteiger partial charge in [0.2, 0.25) is 10.0 Å². The average molecular weight is 486 g/mol. The van der Waals surface area contributed by atoms with Crippen molar-refractivity contribution in [1.82, 2.24) is 19.2 Å². The van der Waals surface area contributed by atoms with Crippen LogP contribution in [0.3, 0.4) is 0 Å². The van der Waals surface area contributed by atoms with Crippen molar-refractivity contribution in [2.24, 2.45) is 0 Å². The predicted molar refractivity (Wildman–Crippen MR) is 129 cm³/mol. The minimum absolute atomic E-state index is 0.143. The number of nitrogens with zero attached hydrogens (tertiary/aromatic N) is 5. The second-order valence-electron chi connectivity index (χ2n) is 9.09. The summed E-state index contributed by atoms with van der Waals surface area (Å²) in [6.45, 7) is 5.66. The third-order valence-corrected chi connectivity index (χ3v) is 9.50. The third kappa shape index (κ3) is 4.00. The standard InChI is InChI=1S/C23H27N5O3S2/c1-16-15-32-26-22(16)19-11-18(3-4-20(19)29)14-27-9-5-23(12-17(27)2)6-10-33(30,31)28(23)21-13-24-7-8-25-21/h3-4,7-8,11,13,15,17,29H,5-6,9-10,12,14H2,1-2H3/t17-,23-/m0/s1. The number of hydrogen-bond acceptors (Lipinski definition) is 8. The molecule has 0 radical (unpaired) electrons. The van der Waals surface area contributed by atoms with Crippen LogP contribution in [-0.4, -0.2) is 56.6 Å². The molecule has 5 rings (SSSR count). The molecule has 4 heterocycles. The van der Waals surface area contributed by atoms with E-state index in [-0.39, 0.29) is 17.5 Å². The molecule has 1 spiro atoms. The molecule has 2 aliphatic heterocycles. The Bertz CT molecular complexity index is 1260. The first kappa shape index (κ1) is 22.2. The highest BCUT2D eigenvalue weighted by atomic mass is 32.2. The van der Waals surface area contributed by atoms with Gasteiger partial charge in [0.05, 0.1) is 23.2 Å². The van der Waals surface area contributed by atoms with Gasteiger partial charge in [0, 0.05) is 42.5 Å². The molecule has 0 bridgehead atoms. The Hall–Kier alpha value is -2.56. The summed E-state index contributed by atoms with van der Waals surface area (Å²) in [5, 5.41) is 12.4.